The van der Waals surface area contributed by atoms with Gasteiger partial charge in [-0.25, -0.2) is 0 Å². The first-order chi connectivity index (χ1) is 8.69. The average molecular weight is 252 g/mol. The summed E-state index contributed by atoms with van der Waals surface area (Å²) in [5, 5.41) is 14.0. The van der Waals surface area contributed by atoms with Crippen molar-refractivity contribution in [2.45, 2.75) is 33.3 Å². The van der Waals surface area contributed by atoms with E-state index in [2.05, 4.69) is 5.32 Å². The maximum Gasteiger partial charge on any atom is 0.292 e. The van der Waals surface area contributed by atoms with Crippen LogP contribution in [0.1, 0.15) is 32.3 Å². The number of nitrogens with one attached hydrogen (secondary N) is 1. The zero-order chi connectivity index (χ0) is 13.4. The summed E-state index contributed by atoms with van der Waals surface area (Å²) in [6.07, 6.45) is 1.87. The summed E-state index contributed by atoms with van der Waals surface area (Å²) < 4.78 is 5.38. The lowest BCUT2D eigenvalue weighted by Gasteiger charge is -2.08. The van der Waals surface area contributed by atoms with Gasteiger partial charge >= 0.3 is 0 Å². The molecule has 0 fully saturated rings. The Hall–Kier alpha value is -1.62. The Kier molecular flexibility index (Phi) is 6.14. The molecule has 0 saturated heterocycles. The molecule has 0 aliphatic carbocycles. The quantitative estimate of drug-likeness (QED) is 0.438. The van der Waals surface area contributed by atoms with Gasteiger partial charge in [0.15, 0.2) is 0 Å². The topological polar surface area (TPSA) is 64.4 Å². The number of ether oxygens (including phenoxy) is 1. The second-order valence-electron chi connectivity index (χ2n) is 4.09. The van der Waals surface area contributed by atoms with Crippen LogP contribution in [-0.2, 0) is 11.3 Å². The second kappa shape index (κ2) is 7.66. The molecule has 0 aliphatic rings. The molecule has 100 valence electrons. The van der Waals surface area contributed by atoms with Crippen molar-refractivity contribution in [3.05, 3.63) is 33.9 Å². The minimum atomic E-state index is -0.360. The molecule has 1 aromatic rings. The maximum atomic E-state index is 11.0. The first-order valence-corrected chi connectivity index (χ1v) is 6.28. The molecule has 0 amide bonds. The highest BCUT2D eigenvalue weighted by Gasteiger charge is 2.13. The largest absolute Gasteiger partial charge is 0.380 e. The van der Waals surface area contributed by atoms with E-state index in [1.54, 1.807) is 12.1 Å². The normalized spacial score (nSPS) is 10.3. The molecule has 0 heterocycles. The van der Waals surface area contributed by atoms with Crippen LogP contribution in [0.4, 0.5) is 11.4 Å². The van der Waals surface area contributed by atoms with E-state index in [9.17, 15) is 10.1 Å². The first-order valence-electron chi connectivity index (χ1n) is 6.28. The van der Waals surface area contributed by atoms with Gasteiger partial charge in [-0.2, -0.15) is 0 Å². The Morgan fingerprint density at radius 3 is 2.72 bits per heavy atom. The molecule has 5 nitrogen and oxygen atoms in total. The molecule has 0 radical (unpaired) electrons. The van der Waals surface area contributed by atoms with E-state index in [4.69, 9.17) is 4.74 Å². The Morgan fingerprint density at radius 2 is 2.11 bits per heavy atom. The Balaban J connectivity index is 2.78. The molecule has 1 N–H and O–H groups in total. The van der Waals surface area contributed by atoms with Crippen molar-refractivity contribution in [2.24, 2.45) is 0 Å². The van der Waals surface area contributed by atoms with Crippen molar-refractivity contribution in [3.63, 3.8) is 0 Å². The molecule has 0 atom stereocenters. The predicted octanol–water partition coefficient (Wildman–Crippen LogP) is 3.34. The second-order valence-corrected chi connectivity index (χ2v) is 4.09. The summed E-state index contributed by atoms with van der Waals surface area (Å²) in [5.41, 5.74) is 1.51. The van der Waals surface area contributed by atoms with E-state index < -0.39 is 0 Å². The minimum Gasteiger partial charge on any atom is -0.380 e. The van der Waals surface area contributed by atoms with Crippen LogP contribution in [0, 0.1) is 10.1 Å². The number of nitrogens with zero attached hydrogens (tertiary/aromatic N) is 1. The van der Waals surface area contributed by atoms with E-state index in [-0.39, 0.29) is 10.6 Å². The number of nitro benzene ring substituents is 1. The summed E-state index contributed by atoms with van der Waals surface area (Å²) in [6, 6.07) is 5.19. The fraction of sp³-hybridized carbons (Fsp3) is 0.538. The van der Waals surface area contributed by atoms with Crippen LogP contribution < -0.4 is 5.32 Å². The zero-order valence-electron chi connectivity index (χ0n) is 10.9. The molecule has 0 saturated carbocycles. The van der Waals surface area contributed by atoms with Crippen molar-refractivity contribution in [2.75, 3.05) is 18.5 Å². The van der Waals surface area contributed by atoms with Crippen molar-refractivity contribution >= 4 is 11.4 Å². The SMILES string of the molecule is CCCNc1ccc(COCCC)cc1[N+](=O)[O-]. The number of hydrogen-bond donors (Lipinski definition) is 1. The van der Waals surface area contributed by atoms with Crippen LogP contribution in [0.3, 0.4) is 0 Å². The Morgan fingerprint density at radius 1 is 1.33 bits per heavy atom. The number of anilines is 1. The molecule has 0 aromatic heterocycles. The summed E-state index contributed by atoms with van der Waals surface area (Å²) >= 11 is 0. The highest BCUT2D eigenvalue weighted by atomic mass is 16.6. The molecule has 5 heteroatoms. The van der Waals surface area contributed by atoms with Crippen LogP contribution in [-0.4, -0.2) is 18.1 Å². The summed E-state index contributed by atoms with van der Waals surface area (Å²) in [5.74, 6) is 0. The summed E-state index contributed by atoms with van der Waals surface area (Å²) in [4.78, 5) is 10.6. The predicted molar refractivity (Wildman–Crippen MR) is 71.8 cm³/mol. The van der Waals surface area contributed by atoms with Crippen LogP contribution >= 0.6 is 0 Å². The van der Waals surface area contributed by atoms with Crippen molar-refractivity contribution in [1.82, 2.24) is 0 Å². The standard InChI is InChI=1S/C13H20N2O3/c1-3-7-14-12-6-5-11(10-18-8-4-2)9-13(12)15(16)17/h5-6,9,14H,3-4,7-8,10H2,1-2H3. The van der Waals surface area contributed by atoms with Gasteiger partial charge in [0, 0.05) is 19.2 Å². The first kappa shape index (κ1) is 14.4. The fourth-order valence-electron chi connectivity index (χ4n) is 1.56. The maximum absolute atomic E-state index is 11.0. The summed E-state index contributed by atoms with van der Waals surface area (Å²) in [7, 11) is 0. The van der Waals surface area contributed by atoms with E-state index in [0.29, 0.717) is 18.9 Å². The van der Waals surface area contributed by atoms with Crippen molar-refractivity contribution in [1.29, 1.82) is 0 Å². The van der Waals surface area contributed by atoms with Gasteiger partial charge in [0.25, 0.3) is 5.69 Å². The summed E-state index contributed by atoms with van der Waals surface area (Å²) in [6.45, 7) is 5.87. The van der Waals surface area contributed by atoms with Crippen molar-refractivity contribution < 1.29 is 9.66 Å². The van der Waals surface area contributed by atoms with Crippen LogP contribution in [0.5, 0.6) is 0 Å². The average Bonchev–Trinajstić information content (AvgIpc) is 2.37. The van der Waals surface area contributed by atoms with Gasteiger partial charge in [0.1, 0.15) is 5.69 Å². The van der Waals surface area contributed by atoms with Crippen LogP contribution in [0.15, 0.2) is 18.2 Å². The van der Waals surface area contributed by atoms with Gasteiger partial charge in [-0.3, -0.25) is 10.1 Å². The lowest BCUT2D eigenvalue weighted by molar-refractivity contribution is -0.384. The van der Waals surface area contributed by atoms with Gasteiger partial charge in [-0.15, -0.1) is 0 Å². The highest BCUT2D eigenvalue weighted by Crippen LogP contribution is 2.25. The molecule has 0 aliphatic heterocycles. The Labute approximate surface area is 107 Å². The van der Waals surface area contributed by atoms with E-state index in [1.165, 1.54) is 0 Å². The van der Waals surface area contributed by atoms with Gasteiger partial charge in [0.2, 0.25) is 0 Å². The molecule has 18 heavy (non-hydrogen) atoms. The van der Waals surface area contributed by atoms with E-state index in [1.807, 2.05) is 19.9 Å². The minimum absolute atomic E-state index is 0.112. The van der Waals surface area contributed by atoms with Crippen LogP contribution in [0.25, 0.3) is 0 Å². The number of benzene rings is 1. The number of nitro groups is 1. The third-order valence-corrected chi connectivity index (χ3v) is 2.44. The van der Waals surface area contributed by atoms with E-state index in [0.717, 1.165) is 24.9 Å². The van der Waals surface area contributed by atoms with Gasteiger partial charge < -0.3 is 10.1 Å². The van der Waals surface area contributed by atoms with E-state index >= 15 is 0 Å². The monoisotopic (exact) mass is 252 g/mol. The molecule has 1 rings (SSSR count). The number of hydrogen-bond acceptors (Lipinski definition) is 4. The van der Waals surface area contributed by atoms with Gasteiger partial charge in [-0.1, -0.05) is 19.9 Å². The lowest BCUT2D eigenvalue weighted by Crippen LogP contribution is -2.04. The highest BCUT2D eigenvalue weighted by molar-refractivity contribution is 5.62. The molecular formula is C13H20N2O3. The molecule has 0 unspecified atom stereocenters. The molecule has 0 bridgehead atoms. The molecule has 0 spiro atoms. The fourth-order valence-corrected chi connectivity index (χ4v) is 1.56. The Bertz CT molecular complexity index is 394. The molecule has 1 aromatic carbocycles. The molecular weight excluding hydrogens is 232 g/mol. The van der Waals surface area contributed by atoms with Gasteiger partial charge in [-0.05, 0) is 24.5 Å². The van der Waals surface area contributed by atoms with Gasteiger partial charge in [0.05, 0.1) is 11.5 Å². The third-order valence-electron chi connectivity index (χ3n) is 2.44. The van der Waals surface area contributed by atoms with Crippen LogP contribution in [0.2, 0.25) is 0 Å². The number of rotatable bonds is 8. The third kappa shape index (κ3) is 4.33. The smallest absolute Gasteiger partial charge is 0.292 e. The zero-order valence-corrected chi connectivity index (χ0v) is 10.9. The lowest BCUT2D eigenvalue weighted by atomic mass is 10.2. The van der Waals surface area contributed by atoms with Crippen molar-refractivity contribution in [3.8, 4) is 0 Å².